The molecular formula is C21H20N2O4. The highest BCUT2D eigenvalue weighted by molar-refractivity contribution is 5.94. The van der Waals surface area contributed by atoms with E-state index in [1.165, 1.54) is 4.57 Å². The van der Waals surface area contributed by atoms with Crippen LogP contribution in [-0.4, -0.2) is 29.2 Å². The van der Waals surface area contributed by atoms with E-state index < -0.39 is 5.97 Å². The molecule has 0 radical (unpaired) electrons. The molecule has 0 aliphatic rings. The van der Waals surface area contributed by atoms with Gasteiger partial charge in [-0.1, -0.05) is 30.3 Å². The van der Waals surface area contributed by atoms with E-state index in [0.29, 0.717) is 23.6 Å². The molecule has 0 aliphatic carbocycles. The van der Waals surface area contributed by atoms with Gasteiger partial charge in [0.1, 0.15) is 5.75 Å². The monoisotopic (exact) mass is 364 g/mol. The van der Waals surface area contributed by atoms with Crippen molar-refractivity contribution in [2.24, 2.45) is 0 Å². The van der Waals surface area contributed by atoms with Gasteiger partial charge in [0.2, 0.25) is 0 Å². The summed E-state index contributed by atoms with van der Waals surface area (Å²) in [4.78, 5) is 29.1. The summed E-state index contributed by atoms with van der Waals surface area (Å²) in [5, 5.41) is 0. The van der Waals surface area contributed by atoms with Crippen LogP contribution in [0.2, 0.25) is 0 Å². The Morgan fingerprint density at radius 1 is 1.07 bits per heavy atom. The standard InChI is InChI=1S/C21H20N2O4/c1-3-27-21(25)19-20(16-9-11-17(26-2)12-10-16)23(18(24)13-22-19)14-15-7-5-4-6-8-15/h4-13H,3,14H2,1-2H3. The second-order valence-electron chi connectivity index (χ2n) is 5.81. The molecule has 0 amide bonds. The van der Waals surface area contributed by atoms with Gasteiger partial charge in [-0.3, -0.25) is 4.79 Å². The average molecular weight is 364 g/mol. The smallest absolute Gasteiger partial charge is 0.359 e. The highest BCUT2D eigenvalue weighted by Crippen LogP contribution is 2.25. The van der Waals surface area contributed by atoms with Crippen LogP contribution in [-0.2, 0) is 11.3 Å². The second-order valence-corrected chi connectivity index (χ2v) is 5.81. The summed E-state index contributed by atoms with van der Waals surface area (Å²) >= 11 is 0. The Labute approximate surface area is 157 Å². The van der Waals surface area contributed by atoms with Crippen molar-refractivity contribution in [1.82, 2.24) is 9.55 Å². The zero-order valence-electron chi connectivity index (χ0n) is 15.2. The van der Waals surface area contributed by atoms with E-state index >= 15 is 0 Å². The fourth-order valence-corrected chi connectivity index (χ4v) is 2.80. The lowest BCUT2D eigenvalue weighted by atomic mass is 10.1. The van der Waals surface area contributed by atoms with E-state index in [9.17, 15) is 9.59 Å². The van der Waals surface area contributed by atoms with Crippen LogP contribution in [0.15, 0.2) is 65.6 Å². The Hall–Kier alpha value is -3.41. The van der Waals surface area contributed by atoms with Crippen molar-refractivity contribution in [1.29, 1.82) is 0 Å². The zero-order valence-corrected chi connectivity index (χ0v) is 15.2. The van der Waals surface area contributed by atoms with Crippen molar-refractivity contribution in [2.45, 2.75) is 13.5 Å². The molecule has 0 saturated heterocycles. The van der Waals surface area contributed by atoms with Gasteiger partial charge < -0.3 is 14.0 Å². The van der Waals surface area contributed by atoms with Gasteiger partial charge in [-0.15, -0.1) is 0 Å². The lowest BCUT2D eigenvalue weighted by Crippen LogP contribution is -2.26. The lowest BCUT2D eigenvalue weighted by Gasteiger charge is -2.16. The first kappa shape index (κ1) is 18.4. The molecular weight excluding hydrogens is 344 g/mol. The fourth-order valence-electron chi connectivity index (χ4n) is 2.80. The molecule has 3 aromatic rings. The third-order valence-electron chi connectivity index (χ3n) is 4.08. The summed E-state index contributed by atoms with van der Waals surface area (Å²) in [7, 11) is 1.58. The molecule has 0 fully saturated rings. The van der Waals surface area contributed by atoms with Crippen LogP contribution >= 0.6 is 0 Å². The Morgan fingerprint density at radius 3 is 2.41 bits per heavy atom. The van der Waals surface area contributed by atoms with Crippen LogP contribution < -0.4 is 10.3 Å². The van der Waals surface area contributed by atoms with Crippen molar-refractivity contribution < 1.29 is 14.3 Å². The molecule has 0 saturated carbocycles. The maximum absolute atomic E-state index is 12.6. The number of hydrogen-bond acceptors (Lipinski definition) is 5. The Kier molecular flexibility index (Phi) is 5.66. The molecule has 0 unspecified atom stereocenters. The van der Waals surface area contributed by atoms with Crippen LogP contribution in [0.4, 0.5) is 0 Å². The van der Waals surface area contributed by atoms with Crippen LogP contribution in [0.25, 0.3) is 11.3 Å². The Morgan fingerprint density at radius 2 is 1.78 bits per heavy atom. The van der Waals surface area contributed by atoms with Crippen LogP contribution in [0, 0.1) is 0 Å². The van der Waals surface area contributed by atoms with Gasteiger partial charge >= 0.3 is 5.97 Å². The normalized spacial score (nSPS) is 10.4. The van der Waals surface area contributed by atoms with Crippen molar-refractivity contribution in [3.05, 3.63) is 82.4 Å². The van der Waals surface area contributed by atoms with Crippen molar-refractivity contribution in [3.8, 4) is 17.0 Å². The van der Waals surface area contributed by atoms with Gasteiger partial charge in [0.05, 0.1) is 32.2 Å². The molecule has 6 nitrogen and oxygen atoms in total. The van der Waals surface area contributed by atoms with E-state index in [4.69, 9.17) is 9.47 Å². The summed E-state index contributed by atoms with van der Waals surface area (Å²) in [5.41, 5.74) is 1.86. The number of rotatable bonds is 6. The fraction of sp³-hybridized carbons (Fsp3) is 0.190. The number of hydrogen-bond donors (Lipinski definition) is 0. The summed E-state index contributed by atoms with van der Waals surface area (Å²) in [6.45, 7) is 2.27. The molecule has 1 aromatic heterocycles. The maximum atomic E-state index is 12.6. The van der Waals surface area contributed by atoms with Gasteiger partial charge in [-0.05, 0) is 36.8 Å². The number of nitrogens with zero attached hydrogens (tertiary/aromatic N) is 2. The van der Waals surface area contributed by atoms with Crippen molar-refractivity contribution in [2.75, 3.05) is 13.7 Å². The molecule has 3 rings (SSSR count). The third kappa shape index (κ3) is 4.06. The van der Waals surface area contributed by atoms with Crippen molar-refractivity contribution in [3.63, 3.8) is 0 Å². The molecule has 0 bridgehead atoms. The van der Waals surface area contributed by atoms with E-state index in [1.807, 2.05) is 30.3 Å². The van der Waals surface area contributed by atoms with Crippen molar-refractivity contribution >= 4 is 5.97 Å². The minimum Gasteiger partial charge on any atom is -0.497 e. The molecule has 6 heteroatoms. The first-order chi connectivity index (χ1) is 13.1. The maximum Gasteiger partial charge on any atom is 0.359 e. The van der Waals surface area contributed by atoms with E-state index in [0.717, 1.165) is 11.8 Å². The van der Waals surface area contributed by atoms with E-state index in [-0.39, 0.29) is 17.9 Å². The average Bonchev–Trinajstić information content (AvgIpc) is 2.70. The minimum atomic E-state index is -0.565. The number of aromatic nitrogens is 2. The molecule has 0 atom stereocenters. The number of benzene rings is 2. The van der Waals surface area contributed by atoms with Gasteiger partial charge in [-0.2, -0.15) is 0 Å². The van der Waals surface area contributed by atoms with Gasteiger partial charge in [0.15, 0.2) is 5.69 Å². The number of ether oxygens (including phenoxy) is 2. The first-order valence-corrected chi connectivity index (χ1v) is 8.59. The molecule has 0 spiro atoms. The molecule has 1 heterocycles. The predicted octanol–water partition coefficient (Wildman–Crippen LogP) is 3.14. The Bertz CT molecular complexity index is 979. The summed E-state index contributed by atoms with van der Waals surface area (Å²) < 4.78 is 11.9. The minimum absolute atomic E-state index is 0.109. The van der Waals surface area contributed by atoms with Gasteiger partial charge in [-0.25, -0.2) is 9.78 Å². The number of carbonyl (C=O) groups is 1. The molecule has 138 valence electrons. The number of methoxy groups -OCH3 is 1. The third-order valence-corrected chi connectivity index (χ3v) is 4.08. The summed E-state index contributed by atoms with van der Waals surface area (Å²) in [6, 6.07) is 16.7. The van der Waals surface area contributed by atoms with E-state index in [1.54, 1.807) is 38.3 Å². The predicted molar refractivity (Wildman–Crippen MR) is 102 cm³/mol. The molecule has 0 aliphatic heterocycles. The van der Waals surface area contributed by atoms with Crippen LogP contribution in [0.3, 0.4) is 0 Å². The Balaban J connectivity index is 2.19. The highest BCUT2D eigenvalue weighted by atomic mass is 16.5. The zero-order chi connectivity index (χ0) is 19.2. The summed E-state index contributed by atoms with van der Waals surface area (Å²) in [5.74, 6) is 0.113. The number of esters is 1. The highest BCUT2D eigenvalue weighted by Gasteiger charge is 2.21. The SMILES string of the molecule is CCOC(=O)c1ncc(=O)n(Cc2ccccc2)c1-c1ccc(OC)cc1. The topological polar surface area (TPSA) is 70.4 Å². The van der Waals surface area contributed by atoms with Gasteiger partial charge in [0, 0.05) is 5.56 Å². The number of carbonyl (C=O) groups excluding carboxylic acids is 1. The molecule has 27 heavy (non-hydrogen) atoms. The van der Waals surface area contributed by atoms with Crippen LogP contribution in [0.5, 0.6) is 5.75 Å². The quantitative estimate of drug-likeness (QED) is 0.629. The first-order valence-electron chi connectivity index (χ1n) is 8.59. The molecule has 2 aromatic carbocycles. The largest absolute Gasteiger partial charge is 0.497 e. The second kappa shape index (κ2) is 8.31. The summed E-state index contributed by atoms with van der Waals surface area (Å²) in [6.07, 6.45) is 1.15. The molecule has 0 N–H and O–H groups in total. The van der Waals surface area contributed by atoms with Crippen LogP contribution in [0.1, 0.15) is 23.0 Å². The lowest BCUT2D eigenvalue weighted by molar-refractivity contribution is 0.0519. The van der Waals surface area contributed by atoms with Gasteiger partial charge in [0.25, 0.3) is 5.56 Å². The van der Waals surface area contributed by atoms with E-state index in [2.05, 4.69) is 4.98 Å².